The standard InChI is InChI=1S/C20H23NO6/c1-5-25-16-15(23)19(17(24)26-6-2)12-18(4,27-13(3)22)20(19,21-16)14-10-8-7-9-11-14/h7-11H,5-6,12H2,1-4H3/t18-,19-,20-/m0/s1. The van der Waals surface area contributed by atoms with Gasteiger partial charge in [-0.15, -0.1) is 0 Å². The Kier molecular flexibility index (Phi) is 4.57. The van der Waals surface area contributed by atoms with Gasteiger partial charge in [0.05, 0.1) is 13.2 Å². The van der Waals surface area contributed by atoms with Gasteiger partial charge in [0.2, 0.25) is 5.78 Å². The summed E-state index contributed by atoms with van der Waals surface area (Å²) in [5.41, 5.74) is -3.64. The van der Waals surface area contributed by atoms with Gasteiger partial charge >= 0.3 is 11.9 Å². The van der Waals surface area contributed by atoms with Gasteiger partial charge in [-0.1, -0.05) is 30.3 Å². The summed E-state index contributed by atoms with van der Waals surface area (Å²) < 4.78 is 16.3. The van der Waals surface area contributed by atoms with Crippen LogP contribution in [0.3, 0.4) is 0 Å². The molecule has 0 aromatic heterocycles. The Morgan fingerprint density at radius 2 is 1.81 bits per heavy atom. The molecule has 0 unspecified atom stereocenters. The quantitative estimate of drug-likeness (QED) is 0.580. The van der Waals surface area contributed by atoms with E-state index in [-0.39, 0.29) is 25.5 Å². The zero-order valence-electron chi connectivity index (χ0n) is 15.9. The van der Waals surface area contributed by atoms with E-state index in [2.05, 4.69) is 4.99 Å². The van der Waals surface area contributed by atoms with Crippen LogP contribution in [0.2, 0.25) is 0 Å². The Hall–Kier alpha value is -2.70. The van der Waals surface area contributed by atoms with Gasteiger partial charge in [-0.25, -0.2) is 4.99 Å². The zero-order chi connectivity index (χ0) is 19.9. The maximum absolute atomic E-state index is 13.3. The molecule has 1 aliphatic heterocycles. The molecule has 1 heterocycles. The number of fused-ring (bicyclic) bond motifs is 1. The molecule has 1 fully saturated rings. The Bertz CT molecular complexity index is 819. The normalized spacial score (nSPS) is 31.4. The number of hydrogen-bond donors (Lipinski definition) is 0. The summed E-state index contributed by atoms with van der Waals surface area (Å²) in [5.74, 6) is -1.86. The number of nitrogens with zero attached hydrogens (tertiary/aromatic N) is 1. The molecule has 144 valence electrons. The molecule has 1 aliphatic carbocycles. The fourth-order valence-electron chi connectivity index (χ4n) is 4.47. The number of Topliss-reactive ketones (excluding diaryl/α,β-unsaturated/α-hetero) is 1. The van der Waals surface area contributed by atoms with Crippen molar-refractivity contribution >= 4 is 23.6 Å². The summed E-state index contributed by atoms with van der Waals surface area (Å²) in [4.78, 5) is 42.7. The number of benzene rings is 1. The second-order valence-electron chi connectivity index (χ2n) is 6.88. The third kappa shape index (κ3) is 2.33. The van der Waals surface area contributed by atoms with E-state index >= 15 is 0 Å². The highest BCUT2D eigenvalue weighted by molar-refractivity contribution is 6.45. The van der Waals surface area contributed by atoms with Gasteiger partial charge in [-0.3, -0.25) is 14.4 Å². The number of esters is 2. The van der Waals surface area contributed by atoms with Crippen molar-refractivity contribution in [2.45, 2.75) is 45.3 Å². The van der Waals surface area contributed by atoms with Gasteiger partial charge in [-0.2, -0.15) is 0 Å². The van der Waals surface area contributed by atoms with Crippen LogP contribution in [0.25, 0.3) is 0 Å². The van der Waals surface area contributed by atoms with E-state index in [9.17, 15) is 14.4 Å². The number of carbonyl (C=O) groups excluding carboxylic acids is 3. The van der Waals surface area contributed by atoms with Gasteiger partial charge in [0.1, 0.15) is 5.60 Å². The molecule has 0 radical (unpaired) electrons. The average molecular weight is 373 g/mol. The molecule has 0 spiro atoms. The summed E-state index contributed by atoms with van der Waals surface area (Å²) in [6, 6.07) is 8.91. The van der Waals surface area contributed by atoms with E-state index in [1.54, 1.807) is 45.0 Å². The first-order valence-corrected chi connectivity index (χ1v) is 8.99. The van der Waals surface area contributed by atoms with E-state index in [1.807, 2.05) is 6.07 Å². The molecule has 3 atom stereocenters. The summed E-state index contributed by atoms with van der Waals surface area (Å²) in [7, 11) is 0. The first kappa shape index (κ1) is 19.1. The molecule has 0 saturated heterocycles. The smallest absolute Gasteiger partial charge is 0.323 e. The van der Waals surface area contributed by atoms with Crippen molar-refractivity contribution in [2.24, 2.45) is 10.4 Å². The second kappa shape index (κ2) is 6.48. The summed E-state index contributed by atoms with van der Waals surface area (Å²) in [6.45, 7) is 6.72. The van der Waals surface area contributed by atoms with Crippen LogP contribution in [0, 0.1) is 5.41 Å². The van der Waals surface area contributed by atoms with E-state index in [0.29, 0.717) is 5.56 Å². The minimum Gasteiger partial charge on any atom is -0.476 e. The fourth-order valence-corrected chi connectivity index (χ4v) is 4.47. The number of hydrogen-bond acceptors (Lipinski definition) is 7. The van der Waals surface area contributed by atoms with Gasteiger partial charge in [0, 0.05) is 13.3 Å². The van der Waals surface area contributed by atoms with E-state index in [4.69, 9.17) is 14.2 Å². The number of ether oxygens (including phenoxy) is 3. The SMILES string of the molecule is CCOC(=O)[C@@]12C[C@](C)(OC(C)=O)[C@]1(c1ccccc1)N=C(OCC)C2=O. The fraction of sp³-hybridized carbons (Fsp3) is 0.500. The van der Waals surface area contributed by atoms with Gasteiger partial charge in [0.25, 0.3) is 5.90 Å². The number of aliphatic imine (C=N–C) groups is 1. The molecule has 7 nitrogen and oxygen atoms in total. The predicted molar refractivity (Wildman–Crippen MR) is 96.0 cm³/mol. The first-order valence-electron chi connectivity index (χ1n) is 8.99. The number of rotatable bonds is 5. The van der Waals surface area contributed by atoms with Crippen LogP contribution in [0.1, 0.15) is 39.7 Å². The Balaban J connectivity index is 2.28. The maximum atomic E-state index is 13.3. The van der Waals surface area contributed by atoms with Crippen LogP contribution in [0.15, 0.2) is 35.3 Å². The molecule has 7 heteroatoms. The van der Waals surface area contributed by atoms with E-state index < -0.39 is 34.3 Å². The predicted octanol–water partition coefficient (Wildman–Crippen LogP) is 2.17. The van der Waals surface area contributed by atoms with Crippen molar-refractivity contribution in [2.75, 3.05) is 13.2 Å². The molecule has 0 amide bonds. The highest BCUT2D eigenvalue weighted by atomic mass is 16.6. The lowest BCUT2D eigenvalue weighted by molar-refractivity contribution is -0.229. The van der Waals surface area contributed by atoms with Gasteiger partial charge < -0.3 is 14.2 Å². The molecular weight excluding hydrogens is 350 g/mol. The zero-order valence-corrected chi connectivity index (χ0v) is 15.9. The first-order chi connectivity index (χ1) is 12.8. The maximum Gasteiger partial charge on any atom is 0.323 e. The third-order valence-corrected chi connectivity index (χ3v) is 5.30. The largest absolute Gasteiger partial charge is 0.476 e. The van der Waals surface area contributed by atoms with E-state index in [1.165, 1.54) is 6.92 Å². The van der Waals surface area contributed by atoms with Crippen molar-refractivity contribution in [3.8, 4) is 0 Å². The van der Waals surface area contributed by atoms with Gasteiger partial charge in [-0.05, 0) is 26.3 Å². The van der Waals surface area contributed by atoms with Crippen LogP contribution in [0.4, 0.5) is 0 Å². The Morgan fingerprint density at radius 1 is 1.15 bits per heavy atom. The van der Waals surface area contributed by atoms with Crippen molar-refractivity contribution in [1.29, 1.82) is 0 Å². The minimum absolute atomic E-state index is 0.0216. The molecule has 3 rings (SSSR count). The number of carbonyl (C=O) groups is 3. The molecule has 0 bridgehead atoms. The Morgan fingerprint density at radius 3 is 2.37 bits per heavy atom. The van der Waals surface area contributed by atoms with Crippen molar-refractivity contribution in [3.05, 3.63) is 35.9 Å². The minimum atomic E-state index is -1.61. The Labute approximate surface area is 157 Å². The average Bonchev–Trinajstić information content (AvgIpc) is 2.83. The van der Waals surface area contributed by atoms with Crippen molar-refractivity contribution < 1.29 is 28.6 Å². The lowest BCUT2D eigenvalue weighted by Gasteiger charge is -2.61. The molecule has 1 aromatic rings. The lowest BCUT2D eigenvalue weighted by Crippen LogP contribution is -2.75. The topological polar surface area (TPSA) is 91.3 Å². The van der Waals surface area contributed by atoms with Crippen molar-refractivity contribution in [1.82, 2.24) is 0 Å². The molecule has 27 heavy (non-hydrogen) atoms. The van der Waals surface area contributed by atoms with Crippen molar-refractivity contribution in [3.63, 3.8) is 0 Å². The third-order valence-electron chi connectivity index (χ3n) is 5.30. The molecular formula is C20H23NO6. The van der Waals surface area contributed by atoms with Crippen LogP contribution in [0.5, 0.6) is 0 Å². The molecule has 1 aromatic carbocycles. The molecule has 0 N–H and O–H groups in total. The second-order valence-corrected chi connectivity index (χ2v) is 6.88. The van der Waals surface area contributed by atoms with Crippen LogP contribution >= 0.6 is 0 Å². The monoisotopic (exact) mass is 373 g/mol. The highest BCUT2D eigenvalue weighted by Crippen LogP contribution is 2.69. The summed E-state index contributed by atoms with van der Waals surface area (Å²) >= 11 is 0. The van der Waals surface area contributed by atoms with Crippen LogP contribution < -0.4 is 0 Å². The summed E-state index contributed by atoms with van der Waals surface area (Å²) in [5, 5.41) is 0. The van der Waals surface area contributed by atoms with E-state index in [0.717, 1.165) is 0 Å². The summed E-state index contributed by atoms with van der Waals surface area (Å²) in [6.07, 6.45) is -0.0216. The number of ketones is 1. The highest BCUT2D eigenvalue weighted by Gasteiger charge is 2.85. The van der Waals surface area contributed by atoms with Crippen LogP contribution in [-0.4, -0.2) is 42.4 Å². The van der Waals surface area contributed by atoms with Gasteiger partial charge in [0.15, 0.2) is 11.0 Å². The lowest BCUT2D eigenvalue weighted by atomic mass is 9.44. The van der Waals surface area contributed by atoms with Crippen LogP contribution in [-0.2, 0) is 34.1 Å². The molecule has 2 aliphatic rings. The molecule has 1 saturated carbocycles.